The van der Waals surface area contributed by atoms with Crippen LogP contribution in [-0.4, -0.2) is 30.7 Å². The van der Waals surface area contributed by atoms with E-state index < -0.39 is 0 Å². The van der Waals surface area contributed by atoms with Crippen molar-refractivity contribution in [3.05, 3.63) is 34.9 Å². The zero-order chi connectivity index (χ0) is 12.5. The molecular formula is C16H22N2. The second-order valence-corrected chi connectivity index (χ2v) is 5.90. The molecule has 3 rings (SSSR count). The third-order valence-electron chi connectivity index (χ3n) is 4.21. The molecule has 2 aliphatic rings. The Morgan fingerprint density at radius 2 is 2.11 bits per heavy atom. The molecule has 0 aromatic heterocycles. The molecule has 18 heavy (non-hydrogen) atoms. The first-order valence-electron chi connectivity index (χ1n) is 7.06. The van der Waals surface area contributed by atoms with Crippen LogP contribution in [-0.2, 0) is 13.0 Å². The van der Waals surface area contributed by atoms with Gasteiger partial charge in [-0.15, -0.1) is 0 Å². The Morgan fingerprint density at radius 1 is 1.22 bits per heavy atom. The highest BCUT2D eigenvalue weighted by atomic mass is 15.1. The quantitative estimate of drug-likeness (QED) is 0.739. The monoisotopic (exact) mass is 242 g/mol. The van der Waals surface area contributed by atoms with Gasteiger partial charge < -0.3 is 4.90 Å². The van der Waals surface area contributed by atoms with E-state index in [1.807, 2.05) is 0 Å². The van der Waals surface area contributed by atoms with E-state index in [2.05, 4.69) is 37.1 Å². The fourth-order valence-corrected chi connectivity index (χ4v) is 2.93. The zero-order valence-electron chi connectivity index (χ0n) is 11.4. The van der Waals surface area contributed by atoms with Gasteiger partial charge in [0.15, 0.2) is 0 Å². The van der Waals surface area contributed by atoms with E-state index in [0.29, 0.717) is 0 Å². The molecule has 0 bridgehead atoms. The summed E-state index contributed by atoms with van der Waals surface area (Å²) in [5.74, 6) is 0.762. The Labute approximate surface area is 110 Å². The second-order valence-electron chi connectivity index (χ2n) is 5.90. The molecule has 0 aliphatic carbocycles. The highest BCUT2D eigenvalue weighted by Gasteiger charge is 2.17. The second kappa shape index (κ2) is 4.85. The van der Waals surface area contributed by atoms with Gasteiger partial charge in [0, 0.05) is 25.3 Å². The van der Waals surface area contributed by atoms with Crippen molar-refractivity contribution in [2.45, 2.75) is 32.7 Å². The number of aliphatic imine (C=N–C) groups is 1. The van der Waals surface area contributed by atoms with Gasteiger partial charge >= 0.3 is 0 Å². The summed E-state index contributed by atoms with van der Waals surface area (Å²) in [5, 5.41) is 0. The van der Waals surface area contributed by atoms with Crippen LogP contribution in [0.4, 0.5) is 0 Å². The van der Waals surface area contributed by atoms with E-state index in [1.165, 1.54) is 41.8 Å². The molecule has 0 saturated carbocycles. The van der Waals surface area contributed by atoms with Crippen LogP contribution in [0.5, 0.6) is 0 Å². The first kappa shape index (κ1) is 11.9. The normalized spacial score (nSPS) is 24.6. The fraction of sp³-hybridized carbons (Fsp3) is 0.562. The summed E-state index contributed by atoms with van der Waals surface area (Å²) in [7, 11) is 2.20. The zero-order valence-corrected chi connectivity index (χ0v) is 11.4. The van der Waals surface area contributed by atoms with Gasteiger partial charge in [0.1, 0.15) is 0 Å². The van der Waals surface area contributed by atoms with E-state index in [9.17, 15) is 0 Å². The lowest BCUT2D eigenvalue weighted by Crippen LogP contribution is -2.26. The van der Waals surface area contributed by atoms with Crippen LogP contribution in [0.15, 0.2) is 23.2 Å². The first-order valence-corrected chi connectivity index (χ1v) is 7.06. The molecule has 0 amide bonds. The summed E-state index contributed by atoms with van der Waals surface area (Å²) < 4.78 is 0. The van der Waals surface area contributed by atoms with Gasteiger partial charge in [-0.05, 0) is 55.0 Å². The average molecular weight is 242 g/mol. The summed E-state index contributed by atoms with van der Waals surface area (Å²) >= 11 is 0. The number of nitrogens with zero attached hydrogens (tertiary/aromatic N) is 2. The maximum atomic E-state index is 4.75. The van der Waals surface area contributed by atoms with Crippen molar-refractivity contribution >= 4 is 5.71 Å². The third-order valence-corrected chi connectivity index (χ3v) is 4.21. The summed E-state index contributed by atoms with van der Waals surface area (Å²) in [6.07, 6.45) is 3.63. The summed E-state index contributed by atoms with van der Waals surface area (Å²) in [4.78, 5) is 7.15. The SMILES string of the molecule is C[C@H]1CCC(c2ccc3c(c2)CN(C)CC3)=NC1. The van der Waals surface area contributed by atoms with Crippen molar-refractivity contribution in [3.63, 3.8) is 0 Å². The predicted molar refractivity (Wildman–Crippen MR) is 76.3 cm³/mol. The molecule has 2 nitrogen and oxygen atoms in total. The molecule has 2 aliphatic heterocycles. The third kappa shape index (κ3) is 2.35. The van der Waals surface area contributed by atoms with Crippen LogP contribution in [0.3, 0.4) is 0 Å². The largest absolute Gasteiger partial charge is 0.302 e. The van der Waals surface area contributed by atoms with E-state index in [4.69, 9.17) is 4.99 Å². The van der Waals surface area contributed by atoms with Crippen molar-refractivity contribution in [1.82, 2.24) is 4.90 Å². The van der Waals surface area contributed by atoms with E-state index in [0.717, 1.165) is 25.4 Å². The lowest BCUT2D eigenvalue weighted by atomic mass is 9.92. The Bertz CT molecular complexity index is 476. The van der Waals surface area contributed by atoms with Crippen molar-refractivity contribution in [1.29, 1.82) is 0 Å². The van der Waals surface area contributed by atoms with Crippen molar-refractivity contribution in [3.8, 4) is 0 Å². The van der Waals surface area contributed by atoms with Crippen molar-refractivity contribution in [2.75, 3.05) is 20.1 Å². The van der Waals surface area contributed by atoms with Gasteiger partial charge in [-0.1, -0.05) is 19.1 Å². The van der Waals surface area contributed by atoms with E-state index in [-0.39, 0.29) is 0 Å². The first-order chi connectivity index (χ1) is 8.72. The van der Waals surface area contributed by atoms with Gasteiger partial charge in [0.25, 0.3) is 0 Å². The van der Waals surface area contributed by atoms with Gasteiger partial charge in [-0.3, -0.25) is 4.99 Å². The van der Waals surface area contributed by atoms with Crippen LogP contribution in [0, 0.1) is 5.92 Å². The van der Waals surface area contributed by atoms with Crippen molar-refractivity contribution in [2.24, 2.45) is 10.9 Å². The Morgan fingerprint density at radius 3 is 2.89 bits per heavy atom. The number of hydrogen-bond donors (Lipinski definition) is 0. The molecule has 0 N–H and O–H groups in total. The topological polar surface area (TPSA) is 15.6 Å². The molecule has 1 aromatic rings. The van der Waals surface area contributed by atoms with Crippen LogP contribution in [0.2, 0.25) is 0 Å². The highest BCUT2D eigenvalue weighted by Crippen LogP contribution is 2.23. The molecule has 0 spiro atoms. The molecule has 0 radical (unpaired) electrons. The molecular weight excluding hydrogens is 220 g/mol. The van der Waals surface area contributed by atoms with Crippen LogP contribution in [0.1, 0.15) is 36.5 Å². The Balaban J connectivity index is 1.88. The van der Waals surface area contributed by atoms with Gasteiger partial charge in [-0.25, -0.2) is 0 Å². The van der Waals surface area contributed by atoms with Crippen molar-refractivity contribution < 1.29 is 0 Å². The van der Waals surface area contributed by atoms with E-state index >= 15 is 0 Å². The summed E-state index contributed by atoms with van der Waals surface area (Å²) in [5.41, 5.74) is 5.71. The van der Waals surface area contributed by atoms with Gasteiger partial charge in [0.05, 0.1) is 0 Å². The van der Waals surface area contributed by atoms with Crippen LogP contribution < -0.4 is 0 Å². The number of hydrogen-bond acceptors (Lipinski definition) is 2. The fourth-order valence-electron chi connectivity index (χ4n) is 2.93. The number of likely N-dealkylation sites (N-methyl/N-ethyl adjacent to an activating group) is 1. The smallest absolute Gasteiger partial charge is 0.0420 e. The predicted octanol–water partition coefficient (Wildman–Crippen LogP) is 2.89. The number of rotatable bonds is 1. The minimum Gasteiger partial charge on any atom is -0.302 e. The lowest BCUT2D eigenvalue weighted by Gasteiger charge is -2.26. The number of benzene rings is 1. The highest BCUT2D eigenvalue weighted by molar-refractivity contribution is 6.01. The Hall–Kier alpha value is -1.15. The van der Waals surface area contributed by atoms with Gasteiger partial charge in [0.2, 0.25) is 0 Å². The molecule has 2 heteroatoms. The van der Waals surface area contributed by atoms with Crippen LogP contribution >= 0.6 is 0 Å². The summed E-state index contributed by atoms with van der Waals surface area (Å²) in [6, 6.07) is 6.97. The summed E-state index contributed by atoms with van der Waals surface area (Å²) in [6.45, 7) is 5.58. The van der Waals surface area contributed by atoms with Crippen LogP contribution in [0.25, 0.3) is 0 Å². The molecule has 0 saturated heterocycles. The minimum atomic E-state index is 0.762. The lowest BCUT2D eigenvalue weighted by molar-refractivity contribution is 0.313. The van der Waals surface area contributed by atoms with E-state index in [1.54, 1.807) is 0 Å². The molecule has 0 unspecified atom stereocenters. The molecule has 96 valence electrons. The maximum absolute atomic E-state index is 4.75. The molecule has 0 fully saturated rings. The standard InChI is InChI=1S/C16H22N2/c1-12-3-6-16(17-10-12)14-5-4-13-7-8-18(2)11-15(13)9-14/h4-5,9,12H,3,6-8,10-11H2,1-2H3/t12-/m0/s1. The average Bonchev–Trinajstić information content (AvgIpc) is 2.38. The molecule has 1 atom stereocenters. The number of fused-ring (bicyclic) bond motifs is 1. The molecule has 2 heterocycles. The van der Waals surface area contributed by atoms with Gasteiger partial charge in [-0.2, -0.15) is 0 Å². The maximum Gasteiger partial charge on any atom is 0.0420 e. The molecule has 1 aromatic carbocycles. The minimum absolute atomic E-state index is 0.762. The Kier molecular flexibility index (Phi) is 3.21.